The third kappa shape index (κ3) is 1.09. The molecule has 0 aliphatic rings. The SMILES string of the molecule is Fc1c#cc(Br)c(F)c1F. The quantitative estimate of drug-likeness (QED) is 0.615. The van der Waals surface area contributed by atoms with Gasteiger partial charge in [-0.05, 0) is 28.1 Å². The molecule has 1 aromatic carbocycles. The van der Waals surface area contributed by atoms with Gasteiger partial charge in [-0.3, -0.25) is 0 Å². The van der Waals surface area contributed by atoms with Crippen molar-refractivity contribution in [2.24, 2.45) is 0 Å². The molecule has 0 N–H and O–H groups in total. The molecule has 0 nitrogen and oxygen atoms in total. The third-order valence-electron chi connectivity index (χ3n) is 0.860. The van der Waals surface area contributed by atoms with Crippen molar-refractivity contribution >= 4 is 15.9 Å². The van der Waals surface area contributed by atoms with E-state index in [1.54, 1.807) is 6.07 Å². The van der Waals surface area contributed by atoms with Crippen LogP contribution in [-0.4, -0.2) is 0 Å². The lowest BCUT2D eigenvalue weighted by Gasteiger charge is -1.90. The predicted octanol–water partition coefficient (Wildman–Crippen LogP) is 2.47. The van der Waals surface area contributed by atoms with Crippen molar-refractivity contribution in [3.8, 4) is 0 Å². The van der Waals surface area contributed by atoms with E-state index in [1.165, 1.54) is 0 Å². The summed E-state index contributed by atoms with van der Waals surface area (Å²) in [5.74, 6) is -4.18. The lowest BCUT2D eigenvalue weighted by molar-refractivity contribution is 0.445. The summed E-state index contributed by atoms with van der Waals surface area (Å²) < 4.78 is 36.2. The maximum Gasteiger partial charge on any atom is 0.212 e. The van der Waals surface area contributed by atoms with Gasteiger partial charge in [0.2, 0.25) is 11.6 Å². The molecule has 0 aliphatic heterocycles. The molecule has 0 atom stereocenters. The van der Waals surface area contributed by atoms with Crippen molar-refractivity contribution in [2.45, 2.75) is 0 Å². The monoisotopic (exact) mass is 208 g/mol. The van der Waals surface area contributed by atoms with E-state index in [4.69, 9.17) is 0 Å². The van der Waals surface area contributed by atoms with Gasteiger partial charge in [0, 0.05) is 0 Å². The summed E-state index contributed by atoms with van der Waals surface area (Å²) in [5, 5.41) is 0. The van der Waals surface area contributed by atoms with E-state index < -0.39 is 17.5 Å². The van der Waals surface area contributed by atoms with Crippen LogP contribution in [0.3, 0.4) is 0 Å². The molecule has 52 valence electrons. The van der Waals surface area contributed by atoms with E-state index in [0.717, 1.165) is 0 Å². The lowest BCUT2D eigenvalue weighted by Crippen LogP contribution is -1.87. The average molecular weight is 209 g/mol. The van der Waals surface area contributed by atoms with Gasteiger partial charge in [0.1, 0.15) is 4.47 Å². The number of hydrogen-bond acceptors (Lipinski definition) is 0. The Balaban J connectivity index is 3.34. The van der Waals surface area contributed by atoms with Crippen molar-refractivity contribution in [2.75, 3.05) is 0 Å². The van der Waals surface area contributed by atoms with Gasteiger partial charge < -0.3 is 0 Å². The predicted molar refractivity (Wildman–Crippen MR) is 31.7 cm³/mol. The van der Waals surface area contributed by atoms with Gasteiger partial charge >= 0.3 is 0 Å². The second-order valence-electron chi connectivity index (χ2n) is 1.51. The van der Waals surface area contributed by atoms with Crippen molar-refractivity contribution in [1.82, 2.24) is 0 Å². The van der Waals surface area contributed by atoms with Crippen LogP contribution in [0.25, 0.3) is 0 Å². The minimum Gasteiger partial charge on any atom is -0.202 e. The molecule has 0 heterocycles. The average Bonchev–Trinajstić information content (AvgIpc) is 1.93. The zero-order valence-electron chi connectivity index (χ0n) is 4.51. The smallest absolute Gasteiger partial charge is 0.202 e. The second-order valence-corrected chi connectivity index (χ2v) is 2.30. The van der Waals surface area contributed by atoms with E-state index in [0.29, 0.717) is 0 Å². The van der Waals surface area contributed by atoms with Crippen LogP contribution in [0.4, 0.5) is 13.2 Å². The molecule has 10 heavy (non-hydrogen) atoms. The molecule has 1 rings (SSSR count). The van der Waals surface area contributed by atoms with Crippen molar-refractivity contribution in [1.29, 1.82) is 0 Å². The van der Waals surface area contributed by atoms with Gasteiger partial charge in [-0.1, -0.05) is 0 Å². The van der Waals surface area contributed by atoms with Crippen molar-refractivity contribution < 1.29 is 13.2 Å². The fraction of sp³-hybridized carbons (Fsp3) is 0. The Hall–Kier alpha value is -0.690. The van der Waals surface area contributed by atoms with Gasteiger partial charge in [-0.25, -0.2) is 4.39 Å². The molecule has 0 aliphatic carbocycles. The van der Waals surface area contributed by atoms with Gasteiger partial charge in [0.05, 0.1) is 0 Å². The van der Waals surface area contributed by atoms with E-state index in [9.17, 15) is 13.2 Å². The molecule has 0 amide bonds. The van der Waals surface area contributed by atoms with Crippen molar-refractivity contribution in [3.05, 3.63) is 34.1 Å². The molecular formula is C6BrF3. The standard InChI is InChI=1S/C6BrF3/c7-3-1-2-4(8)6(10)5(3)9. The Kier molecular flexibility index (Phi) is 1.86. The highest BCUT2D eigenvalue weighted by Crippen LogP contribution is 2.15. The van der Waals surface area contributed by atoms with Crippen molar-refractivity contribution in [3.63, 3.8) is 0 Å². The Morgan fingerprint density at radius 2 is 1.60 bits per heavy atom. The summed E-state index contributed by atoms with van der Waals surface area (Å²) in [5.41, 5.74) is 0. The molecule has 0 saturated carbocycles. The molecule has 0 saturated heterocycles. The van der Waals surface area contributed by atoms with Crippen LogP contribution < -0.4 is 0 Å². The largest absolute Gasteiger partial charge is 0.212 e. The molecule has 0 radical (unpaired) electrons. The fourth-order valence-electron chi connectivity index (χ4n) is 0.412. The third-order valence-corrected chi connectivity index (χ3v) is 1.41. The van der Waals surface area contributed by atoms with Crippen LogP contribution in [0, 0.1) is 29.6 Å². The minimum absolute atomic E-state index is 0.258. The Labute approximate surface area is 63.8 Å². The first kappa shape index (κ1) is 7.42. The van der Waals surface area contributed by atoms with Crippen LogP contribution in [0.1, 0.15) is 0 Å². The minimum atomic E-state index is -1.54. The number of halogens is 4. The van der Waals surface area contributed by atoms with Gasteiger partial charge in [-0.15, -0.1) is 0 Å². The zero-order valence-corrected chi connectivity index (χ0v) is 6.10. The molecule has 0 spiro atoms. The highest BCUT2D eigenvalue weighted by Gasteiger charge is 2.09. The number of rotatable bonds is 0. The molecule has 4 heteroatoms. The van der Waals surface area contributed by atoms with Gasteiger partial charge in [0.25, 0.3) is 0 Å². The van der Waals surface area contributed by atoms with E-state index >= 15 is 0 Å². The topological polar surface area (TPSA) is 0 Å². The zero-order chi connectivity index (χ0) is 7.72. The molecule has 0 fully saturated rings. The summed E-state index contributed by atoms with van der Waals surface area (Å²) in [6.07, 6.45) is 0. The van der Waals surface area contributed by atoms with Crippen LogP contribution >= 0.6 is 15.9 Å². The first-order valence-corrected chi connectivity index (χ1v) is 3.05. The highest BCUT2D eigenvalue weighted by molar-refractivity contribution is 9.10. The van der Waals surface area contributed by atoms with Crippen LogP contribution in [0.2, 0.25) is 0 Å². The first-order valence-electron chi connectivity index (χ1n) is 2.26. The normalized spacial score (nSPS) is 9.20. The lowest BCUT2D eigenvalue weighted by atomic mass is 10.4. The summed E-state index contributed by atoms with van der Waals surface area (Å²) in [6.45, 7) is 0. The van der Waals surface area contributed by atoms with E-state index in [2.05, 4.69) is 15.9 Å². The Morgan fingerprint density at radius 3 is 2.10 bits per heavy atom. The van der Waals surface area contributed by atoms with E-state index in [-0.39, 0.29) is 4.47 Å². The summed E-state index contributed by atoms with van der Waals surface area (Å²) in [6, 6.07) is 3.77. The molecule has 0 bridgehead atoms. The molecule has 0 aromatic heterocycles. The maximum atomic E-state index is 12.3. The number of hydrogen-bond donors (Lipinski definition) is 0. The van der Waals surface area contributed by atoms with E-state index in [1.807, 2.05) is 6.07 Å². The van der Waals surface area contributed by atoms with Crippen LogP contribution in [-0.2, 0) is 0 Å². The Morgan fingerprint density at radius 1 is 1.00 bits per heavy atom. The summed E-state index contributed by atoms with van der Waals surface area (Å²) >= 11 is 2.61. The molecule has 1 aromatic rings. The van der Waals surface area contributed by atoms with Gasteiger partial charge in [0.15, 0.2) is 5.82 Å². The highest BCUT2D eigenvalue weighted by atomic mass is 79.9. The Bertz CT molecular complexity index is 232. The maximum absolute atomic E-state index is 12.3. The first-order chi connectivity index (χ1) is 4.63. The summed E-state index contributed by atoms with van der Waals surface area (Å²) in [4.78, 5) is 0. The summed E-state index contributed by atoms with van der Waals surface area (Å²) in [7, 11) is 0. The van der Waals surface area contributed by atoms with Crippen LogP contribution in [0.5, 0.6) is 0 Å². The molecular weight excluding hydrogens is 209 g/mol. The second kappa shape index (κ2) is 2.51. The van der Waals surface area contributed by atoms with Crippen LogP contribution in [0.15, 0.2) is 4.47 Å². The molecule has 0 unspecified atom stereocenters. The fourth-order valence-corrected chi connectivity index (χ4v) is 0.685. The van der Waals surface area contributed by atoms with Gasteiger partial charge in [-0.2, -0.15) is 8.78 Å².